The normalized spacial score (nSPS) is 4.71. The highest BCUT2D eigenvalue weighted by atomic mass is 79.9. The van der Waals surface area contributed by atoms with E-state index < -0.39 is 6.03 Å². The largest absolute Gasteiger partial charge is 0.350 e. The number of urea groups is 1. The molecule has 0 aliphatic heterocycles. The Balaban J connectivity index is -0.0000000800. The van der Waals surface area contributed by atoms with Crippen molar-refractivity contribution in [3.8, 4) is 0 Å². The average Bonchev–Trinajstić information content (AvgIpc) is 1.38. The zero-order valence-electron chi connectivity index (χ0n) is 3.25. The molecule has 0 aromatic rings. The number of nitrogens with one attached hydrogen (secondary N) is 1. The molecule has 0 unspecified atom stereocenters. The topological polar surface area (TPSA) is 75.4 Å². The second kappa shape index (κ2) is 9.50. The van der Waals surface area contributed by atoms with Crippen LogP contribution in [0, 0.1) is 0 Å². The van der Waals surface area contributed by atoms with Gasteiger partial charge in [-0.2, -0.15) is 0 Å². The maximum absolute atomic E-state index is 9.23. The quantitative estimate of drug-likeness (QED) is 0.416. The molecule has 0 saturated carbocycles. The van der Waals surface area contributed by atoms with Crippen LogP contribution in [0.2, 0.25) is 0 Å². The molecule has 0 aromatic heterocycles. The molecule has 0 heterocycles. The summed E-state index contributed by atoms with van der Waals surface area (Å²) < 4.78 is 0. The van der Waals surface area contributed by atoms with Gasteiger partial charge < -0.3 is 5.73 Å². The number of halogens is 2. The molecule has 7 heavy (non-hydrogen) atoms. The van der Waals surface area contributed by atoms with E-state index in [0.717, 1.165) is 0 Å². The van der Waals surface area contributed by atoms with E-state index in [9.17, 15) is 4.79 Å². The van der Waals surface area contributed by atoms with Gasteiger partial charge in [-0.15, -0.1) is 34.0 Å². The van der Waals surface area contributed by atoms with E-state index in [-0.39, 0.29) is 34.0 Å². The Hall–Kier alpha value is 0.190. The van der Waals surface area contributed by atoms with Crippen molar-refractivity contribution in [3.63, 3.8) is 0 Å². The first-order chi connectivity index (χ1) is 2.27. The minimum atomic E-state index is -0.940. The Labute approximate surface area is 61.6 Å². The van der Waals surface area contributed by atoms with Crippen molar-refractivity contribution in [3.05, 3.63) is 0 Å². The van der Waals surface area contributed by atoms with Crippen LogP contribution in [-0.2, 0) is 0 Å². The molecule has 0 saturated heterocycles. The standard InChI is InChI=1S/CH4N2O2.2BrH/c2-1(4)3-5;;/h5H,(H3,2,3,4);2*1H. The number of rotatable bonds is 0. The zero-order valence-corrected chi connectivity index (χ0v) is 6.68. The van der Waals surface area contributed by atoms with Gasteiger partial charge in [-0.25, -0.2) is 10.3 Å². The minimum Gasteiger partial charge on any atom is -0.350 e. The molecule has 4 nitrogen and oxygen atoms in total. The lowest BCUT2D eigenvalue weighted by Gasteiger charge is -1.79. The number of nitrogens with two attached hydrogens (primary N) is 1. The van der Waals surface area contributed by atoms with E-state index in [1.54, 1.807) is 0 Å². The van der Waals surface area contributed by atoms with Gasteiger partial charge in [-0.1, -0.05) is 0 Å². The number of carbonyl (C=O) groups excluding carboxylic acids is 1. The summed E-state index contributed by atoms with van der Waals surface area (Å²) in [7, 11) is 0. The zero-order chi connectivity index (χ0) is 4.28. The summed E-state index contributed by atoms with van der Waals surface area (Å²) in [6.07, 6.45) is 0. The molecule has 46 valence electrons. The van der Waals surface area contributed by atoms with Gasteiger partial charge in [0.25, 0.3) is 0 Å². The number of hydrogen-bond donors (Lipinski definition) is 3. The summed E-state index contributed by atoms with van der Waals surface area (Å²) in [4.78, 5) is 9.23. The predicted octanol–water partition coefficient (Wildman–Crippen LogP) is 0.200. The third kappa shape index (κ3) is 22.7. The average molecular weight is 238 g/mol. The molecule has 0 rings (SSSR count). The third-order valence-electron chi connectivity index (χ3n) is 0.110. The summed E-state index contributed by atoms with van der Waals surface area (Å²) >= 11 is 0. The van der Waals surface area contributed by atoms with E-state index in [4.69, 9.17) is 5.21 Å². The molecule has 0 fully saturated rings. The van der Waals surface area contributed by atoms with Crippen LogP contribution < -0.4 is 11.2 Å². The summed E-state index contributed by atoms with van der Waals surface area (Å²) in [6.45, 7) is 0. The first-order valence-electron chi connectivity index (χ1n) is 0.966. The maximum atomic E-state index is 9.23. The lowest BCUT2D eigenvalue weighted by molar-refractivity contribution is 0.169. The van der Waals surface area contributed by atoms with Crippen molar-refractivity contribution in [1.29, 1.82) is 0 Å². The van der Waals surface area contributed by atoms with Gasteiger partial charge in [0.2, 0.25) is 0 Å². The highest BCUT2D eigenvalue weighted by Gasteiger charge is 1.75. The first-order valence-corrected chi connectivity index (χ1v) is 0.966. The Morgan fingerprint density at radius 1 is 1.57 bits per heavy atom. The van der Waals surface area contributed by atoms with Crippen molar-refractivity contribution < 1.29 is 10.0 Å². The van der Waals surface area contributed by atoms with Gasteiger partial charge in [-0.3, -0.25) is 5.21 Å². The Morgan fingerprint density at radius 2 is 1.71 bits per heavy atom. The fraction of sp³-hybridized carbons (Fsp3) is 0. The van der Waals surface area contributed by atoms with Crippen LogP contribution >= 0.6 is 34.0 Å². The SMILES string of the molecule is Br.Br.NC(=O)NO. The molecular formula is CH6Br2N2O2. The Kier molecular flexibility index (Phi) is 21.3. The Morgan fingerprint density at radius 3 is 1.71 bits per heavy atom. The van der Waals surface area contributed by atoms with Gasteiger partial charge in [0.15, 0.2) is 0 Å². The van der Waals surface area contributed by atoms with Gasteiger partial charge in [0.1, 0.15) is 0 Å². The number of carbonyl (C=O) groups is 1. The fourth-order valence-electron chi connectivity index (χ4n) is 0. The van der Waals surface area contributed by atoms with Gasteiger partial charge >= 0.3 is 6.03 Å². The summed E-state index contributed by atoms with van der Waals surface area (Å²) in [5, 5.41) is 7.42. The summed E-state index contributed by atoms with van der Waals surface area (Å²) in [5.41, 5.74) is 5.46. The molecule has 2 amide bonds. The molecule has 0 aliphatic rings. The highest BCUT2D eigenvalue weighted by Crippen LogP contribution is 1.38. The molecule has 0 atom stereocenters. The summed E-state index contributed by atoms with van der Waals surface area (Å²) in [5.74, 6) is 0. The molecule has 0 aromatic carbocycles. The molecule has 4 N–H and O–H groups in total. The van der Waals surface area contributed by atoms with E-state index in [2.05, 4.69) is 5.73 Å². The molecule has 0 aliphatic carbocycles. The molecule has 0 bridgehead atoms. The van der Waals surface area contributed by atoms with E-state index >= 15 is 0 Å². The third-order valence-corrected chi connectivity index (χ3v) is 0.110. The Bertz CT molecular complexity index is 49.0. The number of hydrogen-bond acceptors (Lipinski definition) is 2. The molecule has 0 radical (unpaired) electrons. The maximum Gasteiger partial charge on any atom is 0.335 e. The molecule has 0 spiro atoms. The van der Waals surface area contributed by atoms with Crippen molar-refractivity contribution in [2.45, 2.75) is 0 Å². The first kappa shape index (κ1) is 15.7. The lowest BCUT2D eigenvalue weighted by atomic mass is 11.2. The lowest BCUT2D eigenvalue weighted by Crippen LogP contribution is -2.25. The number of hydroxylamine groups is 1. The predicted molar refractivity (Wildman–Crippen MR) is 35.1 cm³/mol. The van der Waals surface area contributed by atoms with Crippen molar-refractivity contribution >= 4 is 40.0 Å². The van der Waals surface area contributed by atoms with Gasteiger partial charge in [0, 0.05) is 0 Å². The van der Waals surface area contributed by atoms with Crippen LogP contribution in [-0.4, -0.2) is 11.2 Å². The fourth-order valence-corrected chi connectivity index (χ4v) is 0. The summed E-state index contributed by atoms with van der Waals surface area (Å²) in [6, 6.07) is -0.940. The number of amides is 2. The van der Waals surface area contributed by atoms with E-state index in [0.29, 0.717) is 0 Å². The van der Waals surface area contributed by atoms with Crippen LogP contribution in [0.15, 0.2) is 0 Å². The van der Waals surface area contributed by atoms with Gasteiger partial charge in [-0.05, 0) is 0 Å². The van der Waals surface area contributed by atoms with Crippen molar-refractivity contribution in [2.75, 3.05) is 0 Å². The van der Waals surface area contributed by atoms with Crippen LogP contribution in [0.4, 0.5) is 4.79 Å². The monoisotopic (exact) mass is 236 g/mol. The second-order valence-corrected chi connectivity index (χ2v) is 0.476. The van der Waals surface area contributed by atoms with Crippen molar-refractivity contribution in [2.24, 2.45) is 5.73 Å². The highest BCUT2D eigenvalue weighted by molar-refractivity contribution is 8.93. The molecular weight excluding hydrogens is 232 g/mol. The van der Waals surface area contributed by atoms with Gasteiger partial charge in [0.05, 0.1) is 0 Å². The molecule has 6 heteroatoms. The van der Waals surface area contributed by atoms with E-state index in [1.165, 1.54) is 5.48 Å². The smallest absolute Gasteiger partial charge is 0.335 e. The van der Waals surface area contributed by atoms with Crippen LogP contribution in [0.1, 0.15) is 0 Å². The number of primary amides is 1. The second-order valence-electron chi connectivity index (χ2n) is 0.476. The van der Waals surface area contributed by atoms with Crippen LogP contribution in [0.25, 0.3) is 0 Å². The van der Waals surface area contributed by atoms with E-state index in [1.807, 2.05) is 0 Å². The van der Waals surface area contributed by atoms with Crippen LogP contribution in [0.3, 0.4) is 0 Å². The van der Waals surface area contributed by atoms with Crippen molar-refractivity contribution in [1.82, 2.24) is 5.48 Å². The van der Waals surface area contributed by atoms with Crippen LogP contribution in [0.5, 0.6) is 0 Å². The minimum absolute atomic E-state index is 0.